The summed E-state index contributed by atoms with van der Waals surface area (Å²) in [6.45, 7) is 5.38. The van der Waals surface area contributed by atoms with Gasteiger partial charge >= 0.3 is 5.97 Å². The molecular weight excluding hydrogens is 208 g/mol. The van der Waals surface area contributed by atoms with E-state index in [0.717, 1.165) is 0 Å². The van der Waals surface area contributed by atoms with Crippen molar-refractivity contribution in [2.45, 2.75) is 27.2 Å². The molecule has 16 heavy (non-hydrogen) atoms. The molecule has 0 aromatic rings. The molecule has 90 valence electrons. The van der Waals surface area contributed by atoms with Gasteiger partial charge in [0.2, 0.25) is 5.91 Å². The van der Waals surface area contributed by atoms with Gasteiger partial charge in [-0.15, -0.1) is 0 Å². The monoisotopic (exact) mass is 226 g/mol. The Kier molecular flexibility index (Phi) is 5.51. The van der Waals surface area contributed by atoms with Crippen LogP contribution < -0.4 is 0 Å². The van der Waals surface area contributed by atoms with Crippen molar-refractivity contribution < 1.29 is 14.3 Å². The van der Waals surface area contributed by atoms with Crippen molar-refractivity contribution in [3.05, 3.63) is 0 Å². The molecule has 1 unspecified atom stereocenters. The number of carbonyl (C=O) groups excluding carboxylic acids is 2. The number of amides is 1. The Morgan fingerprint density at radius 1 is 1.44 bits per heavy atom. The highest BCUT2D eigenvalue weighted by atomic mass is 16.5. The Balaban J connectivity index is 4.79. The van der Waals surface area contributed by atoms with Crippen LogP contribution in [0.4, 0.5) is 0 Å². The standard InChI is InChI=1S/C11H18N2O3/c1-5-11(3,8-12)10(15)13(6-2)7-9(14)16-4/h5-7H2,1-4H3. The number of carbonyl (C=O) groups is 2. The lowest BCUT2D eigenvalue weighted by atomic mass is 9.88. The molecule has 0 aromatic carbocycles. The summed E-state index contributed by atoms with van der Waals surface area (Å²) in [7, 11) is 1.27. The normalized spacial score (nSPS) is 13.4. The fourth-order valence-electron chi connectivity index (χ4n) is 1.17. The summed E-state index contributed by atoms with van der Waals surface area (Å²) in [5.74, 6) is -0.808. The van der Waals surface area contributed by atoms with Gasteiger partial charge in [-0.2, -0.15) is 5.26 Å². The van der Waals surface area contributed by atoms with Crippen LogP contribution in [-0.4, -0.2) is 37.0 Å². The lowest BCUT2D eigenvalue weighted by molar-refractivity contribution is -0.149. The molecule has 0 aliphatic rings. The van der Waals surface area contributed by atoms with Gasteiger partial charge in [0, 0.05) is 6.54 Å². The highest BCUT2D eigenvalue weighted by Gasteiger charge is 2.35. The van der Waals surface area contributed by atoms with E-state index in [0.29, 0.717) is 13.0 Å². The highest BCUT2D eigenvalue weighted by Crippen LogP contribution is 2.22. The second-order valence-electron chi connectivity index (χ2n) is 3.69. The van der Waals surface area contributed by atoms with Crippen LogP contribution in [0.2, 0.25) is 0 Å². The van der Waals surface area contributed by atoms with Gasteiger partial charge in [-0.3, -0.25) is 9.59 Å². The molecule has 0 radical (unpaired) electrons. The van der Waals surface area contributed by atoms with Crippen molar-refractivity contribution in [1.29, 1.82) is 5.26 Å². The van der Waals surface area contributed by atoms with Crippen LogP contribution in [-0.2, 0) is 14.3 Å². The minimum absolute atomic E-state index is 0.108. The number of esters is 1. The van der Waals surface area contributed by atoms with Crippen LogP contribution in [0.25, 0.3) is 0 Å². The average molecular weight is 226 g/mol. The first kappa shape index (κ1) is 14.4. The Morgan fingerprint density at radius 3 is 2.31 bits per heavy atom. The van der Waals surface area contributed by atoms with Crippen LogP contribution in [0.15, 0.2) is 0 Å². The third-order valence-electron chi connectivity index (χ3n) is 2.64. The molecule has 0 spiro atoms. The van der Waals surface area contributed by atoms with E-state index in [9.17, 15) is 9.59 Å². The number of nitriles is 1. The van der Waals surface area contributed by atoms with E-state index in [-0.39, 0.29) is 12.5 Å². The van der Waals surface area contributed by atoms with Crippen LogP contribution in [0.1, 0.15) is 27.2 Å². The molecule has 0 aliphatic carbocycles. The molecule has 0 aliphatic heterocycles. The van der Waals surface area contributed by atoms with Gasteiger partial charge in [0.15, 0.2) is 0 Å². The van der Waals surface area contributed by atoms with Gasteiger partial charge in [0.25, 0.3) is 0 Å². The van der Waals surface area contributed by atoms with Crippen LogP contribution in [0, 0.1) is 16.7 Å². The molecule has 0 aromatic heterocycles. The molecule has 1 atom stereocenters. The van der Waals surface area contributed by atoms with Crippen LogP contribution in [0.5, 0.6) is 0 Å². The van der Waals surface area contributed by atoms with Gasteiger partial charge in [0.1, 0.15) is 12.0 Å². The second kappa shape index (κ2) is 6.11. The van der Waals surface area contributed by atoms with Crippen molar-refractivity contribution in [2.24, 2.45) is 5.41 Å². The summed E-state index contributed by atoms with van der Waals surface area (Å²) in [4.78, 5) is 24.4. The lowest BCUT2D eigenvalue weighted by Gasteiger charge is -2.27. The Morgan fingerprint density at radius 2 is 2.00 bits per heavy atom. The summed E-state index contributed by atoms with van der Waals surface area (Å²) >= 11 is 0. The molecule has 0 heterocycles. The number of ether oxygens (including phenoxy) is 1. The van der Waals surface area contributed by atoms with Gasteiger partial charge in [0.05, 0.1) is 13.2 Å². The average Bonchev–Trinajstić information content (AvgIpc) is 2.33. The third-order valence-corrected chi connectivity index (χ3v) is 2.64. The molecule has 5 nitrogen and oxygen atoms in total. The van der Waals surface area contributed by atoms with Crippen molar-refractivity contribution in [3.63, 3.8) is 0 Å². The summed E-state index contributed by atoms with van der Waals surface area (Å²) in [6, 6.07) is 1.99. The molecule has 0 fully saturated rings. The predicted molar refractivity (Wildman–Crippen MR) is 58.3 cm³/mol. The van der Waals surface area contributed by atoms with E-state index >= 15 is 0 Å². The maximum Gasteiger partial charge on any atom is 0.325 e. The SMILES string of the molecule is CCN(CC(=O)OC)C(=O)C(C)(C#N)CC. The van der Waals surface area contributed by atoms with E-state index in [1.807, 2.05) is 6.07 Å². The zero-order chi connectivity index (χ0) is 12.8. The van der Waals surface area contributed by atoms with Crippen molar-refractivity contribution in [1.82, 2.24) is 4.90 Å². The van der Waals surface area contributed by atoms with Crippen LogP contribution in [0.3, 0.4) is 0 Å². The number of nitrogens with zero attached hydrogens (tertiary/aromatic N) is 2. The quantitative estimate of drug-likeness (QED) is 0.654. The first-order chi connectivity index (χ1) is 7.45. The number of methoxy groups -OCH3 is 1. The summed E-state index contributed by atoms with van der Waals surface area (Å²) < 4.78 is 4.50. The lowest BCUT2D eigenvalue weighted by Crippen LogP contribution is -2.44. The zero-order valence-corrected chi connectivity index (χ0v) is 10.2. The summed E-state index contributed by atoms with van der Waals surface area (Å²) in [6.07, 6.45) is 0.417. The van der Waals surface area contributed by atoms with Gasteiger partial charge < -0.3 is 9.64 Å². The molecule has 0 bridgehead atoms. The Labute approximate surface area is 96.0 Å². The maximum absolute atomic E-state index is 12.0. The van der Waals surface area contributed by atoms with Crippen LogP contribution >= 0.6 is 0 Å². The fraction of sp³-hybridized carbons (Fsp3) is 0.727. The van der Waals surface area contributed by atoms with E-state index in [2.05, 4.69) is 4.74 Å². The van der Waals surface area contributed by atoms with Gasteiger partial charge in [-0.05, 0) is 20.3 Å². The molecule has 0 N–H and O–H groups in total. The smallest absolute Gasteiger partial charge is 0.325 e. The van der Waals surface area contributed by atoms with E-state index in [1.54, 1.807) is 20.8 Å². The number of hydrogen-bond donors (Lipinski definition) is 0. The number of likely N-dealkylation sites (N-methyl/N-ethyl adjacent to an activating group) is 1. The van der Waals surface area contributed by atoms with Crippen molar-refractivity contribution in [3.8, 4) is 6.07 Å². The Hall–Kier alpha value is -1.57. The maximum atomic E-state index is 12.0. The zero-order valence-electron chi connectivity index (χ0n) is 10.2. The number of hydrogen-bond acceptors (Lipinski definition) is 4. The third kappa shape index (κ3) is 3.23. The summed E-state index contributed by atoms with van der Waals surface area (Å²) in [5, 5.41) is 8.98. The van der Waals surface area contributed by atoms with E-state index in [1.165, 1.54) is 12.0 Å². The first-order valence-electron chi connectivity index (χ1n) is 5.22. The summed E-state index contributed by atoms with van der Waals surface area (Å²) in [5.41, 5.74) is -1.07. The van der Waals surface area contributed by atoms with E-state index < -0.39 is 11.4 Å². The second-order valence-corrected chi connectivity index (χ2v) is 3.69. The van der Waals surface area contributed by atoms with Crippen molar-refractivity contribution in [2.75, 3.05) is 20.2 Å². The number of rotatable bonds is 5. The van der Waals surface area contributed by atoms with Gasteiger partial charge in [-0.1, -0.05) is 6.92 Å². The molecule has 0 saturated carbocycles. The molecule has 5 heteroatoms. The highest BCUT2D eigenvalue weighted by molar-refractivity contribution is 5.88. The van der Waals surface area contributed by atoms with Crippen molar-refractivity contribution >= 4 is 11.9 Å². The predicted octanol–water partition coefficient (Wildman–Crippen LogP) is 0.948. The topological polar surface area (TPSA) is 70.4 Å². The molecular formula is C11H18N2O3. The van der Waals surface area contributed by atoms with Gasteiger partial charge in [-0.25, -0.2) is 0 Å². The largest absolute Gasteiger partial charge is 0.468 e. The minimum atomic E-state index is -1.07. The molecule has 0 saturated heterocycles. The Bertz CT molecular complexity index is 309. The first-order valence-corrected chi connectivity index (χ1v) is 5.22. The molecule has 0 rings (SSSR count). The minimum Gasteiger partial charge on any atom is -0.468 e. The molecule has 1 amide bonds. The fourth-order valence-corrected chi connectivity index (χ4v) is 1.17. The van der Waals surface area contributed by atoms with E-state index in [4.69, 9.17) is 5.26 Å².